The smallest absolute Gasteiger partial charge is 0.312 e. The number of carbonyl (C=O) groups excluding carboxylic acids is 3. The van der Waals surface area contributed by atoms with Crippen LogP contribution in [0, 0.1) is 34.5 Å². The molecule has 5 unspecified atom stereocenters. The van der Waals surface area contributed by atoms with Crippen LogP contribution in [0.1, 0.15) is 72.1 Å². The fourth-order valence-corrected chi connectivity index (χ4v) is 8.71. The Bertz CT molecular complexity index is 910. The minimum absolute atomic E-state index is 0.0525. The number of methoxy groups -OCH3 is 1. The monoisotopic (exact) mass is 460 g/mol. The summed E-state index contributed by atoms with van der Waals surface area (Å²) in [5, 5.41) is 10.4. The van der Waals surface area contributed by atoms with Crippen molar-refractivity contribution in [3.05, 3.63) is 11.6 Å². The first-order valence-corrected chi connectivity index (χ1v) is 12.4. The predicted molar refractivity (Wildman–Crippen MR) is 118 cm³/mol. The third kappa shape index (κ3) is 3.14. The van der Waals surface area contributed by atoms with Gasteiger partial charge in [0.15, 0.2) is 0 Å². The van der Waals surface area contributed by atoms with Crippen molar-refractivity contribution in [3.63, 3.8) is 0 Å². The van der Waals surface area contributed by atoms with Gasteiger partial charge in [0.25, 0.3) is 0 Å². The Morgan fingerprint density at radius 2 is 1.94 bits per heavy atom. The Morgan fingerprint density at radius 1 is 1.18 bits per heavy atom. The first-order valence-electron chi connectivity index (χ1n) is 12.4. The van der Waals surface area contributed by atoms with Crippen molar-refractivity contribution in [2.75, 3.05) is 7.11 Å². The summed E-state index contributed by atoms with van der Waals surface area (Å²) >= 11 is 0. The number of aliphatic hydroxyl groups is 1. The van der Waals surface area contributed by atoms with Gasteiger partial charge in [0, 0.05) is 24.7 Å². The quantitative estimate of drug-likeness (QED) is 0.383. The van der Waals surface area contributed by atoms with E-state index in [0.717, 1.165) is 24.8 Å². The Kier molecular flexibility index (Phi) is 5.24. The maximum Gasteiger partial charge on any atom is 0.312 e. The highest BCUT2D eigenvalue weighted by atomic mass is 16.6. The van der Waals surface area contributed by atoms with Gasteiger partial charge in [0.05, 0.1) is 19.1 Å². The molecule has 7 nitrogen and oxygen atoms in total. The number of carbonyl (C=O) groups is 3. The lowest BCUT2D eigenvalue weighted by Gasteiger charge is -2.62. The molecule has 0 amide bonds. The highest BCUT2D eigenvalue weighted by Gasteiger charge is 2.71. The number of hydrogen-bond acceptors (Lipinski definition) is 7. The Balaban J connectivity index is 1.66. The van der Waals surface area contributed by atoms with Crippen molar-refractivity contribution < 1.29 is 33.7 Å². The van der Waals surface area contributed by atoms with E-state index in [2.05, 4.69) is 19.9 Å². The van der Waals surface area contributed by atoms with Crippen molar-refractivity contribution in [1.82, 2.24) is 0 Å². The van der Waals surface area contributed by atoms with Gasteiger partial charge in [-0.3, -0.25) is 14.4 Å². The number of fused-ring (bicyclic) bond motifs is 6. The first-order chi connectivity index (χ1) is 15.5. The molecule has 9 atom stereocenters. The second-order valence-electron chi connectivity index (χ2n) is 11.5. The molecule has 33 heavy (non-hydrogen) atoms. The molecule has 0 aromatic heterocycles. The lowest BCUT2D eigenvalue weighted by molar-refractivity contribution is -0.203. The summed E-state index contributed by atoms with van der Waals surface area (Å²) in [4.78, 5) is 37.7. The first kappa shape index (κ1) is 22.9. The van der Waals surface area contributed by atoms with Gasteiger partial charge in [-0.05, 0) is 62.2 Å². The van der Waals surface area contributed by atoms with E-state index in [1.54, 1.807) is 0 Å². The minimum Gasteiger partial charge on any atom is -0.469 e. The zero-order valence-corrected chi connectivity index (χ0v) is 20.1. The van der Waals surface area contributed by atoms with Crippen LogP contribution in [0.15, 0.2) is 11.6 Å². The summed E-state index contributed by atoms with van der Waals surface area (Å²) in [6, 6.07) is 0. The molecule has 1 saturated heterocycles. The molecule has 5 aliphatic rings. The summed E-state index contributed by atoms with van der Waals surface area (Å²) in [6.45, 7) is 5.83. The molecule has 5 rings (SSSR count). The average Bonchev–Trinajstić information content (AvgIpc) is 3.27. The molecule has 3 saturated carbocycles. The molecular formula is C26H36O7. The fraction of sp³-hybridized carbons (Fsp3) is 0.808. The minimum atomic E-state index is -0.563. The van der Waals surface area contributed by atoms with Crippen LogP contribution in [0.3, 0.4) is 0 Å². The van der Waals surface area contributed by atoms with Crippen LogP contribution < -0.4 is 0 Å². The summed E-state index contributed by atoms with van der Waals surface area (Å²) in [5.74, 6) is -1.23. The highest BCUT2D eigenvalue weighted by Crippen LogP contribution is 2.70. The molecule has 1 aliphatic heterocycles. The normalized spacial score (nSPS) is 48.3. The number of ether oxygens (including phenoxy) is 3. The van der Waals surface area contributed by atoms with Gasteiger partial charge >= 0.3 is 17.9 Å². The maximum absolute atomic E-state index is 13.1. The van der Waals surface area contributed by atoms with Crippen molar-refractivity contribution in [3.8, 4) is 0 Å². The number of esters is 3. The molecule has 1 heterocycles. The summed E-state index contributed by atoms with van der Waals surface area (Å²) in [7, 11) is 1.42. The molecular weight excluding hydrogens is 424 g/mol. The number of aliphatic hydroxyl groups excluding tert-OH is 1. The molecule has 1 spiro atoms. The van der Waals surface area contributed by atoms with Crippen molar-refractivity contribution in [2.45, 2.75) is 89.9 Å². The second-order valence-corrected chi connectivity index (χ2v) is 11.5. The molecule has 0 bridgehead atoms. The zero-order valence-electron chi connectivity index (χ0n) is 20.1. The van der Waals surface area contributed by atoms with E-state index in [0.29, 0.717) is 32.1 Å². The van der Waals surface area contributed by atoms with Crippen LogP contribution in [-0.4, -0.2) is 47.9 Å². The highest BCUT2D eigenvalue weighted by molar-refractivity contribution is 5.76. The van der Waals surface area contributed by atoms with Gasteiger partial charge in [-0.2, -0.15) is 0 Å². The standard InChI is InChI=1S/C26H36O7/c1-14(27)32-19-13-25(3)18(6-9-26(25)10-7-20(29)33-26)21-17(23(30)31-4)12-15-11-16(28)5-8-24(15,2)22(19)21/h12,16-19,21-22,28H,5-11,13H2,1-4H3/t16-,17+,18?,19+,21?,22?,24?,25?,26+/m0/s1. The van der Waals surface area contributed by atoms with Gasteiger partial charge in [0.2, 0.25) is 0 Å². The lowest BCUT2D eigenvalue weighted by atomic mass is 9.44. The molecule has 0 aromatic carbocycles. The maximum atomic E-state index is 13.1. The Labute approximate surface area is 195 Å². The molecule has 4 aliphatic carbocycles. The van der Waals surface area contributed by atoms with Crippen molar-refractivity contribution >= 4 is 17.9 Å². The second kappa shape index (κ2) is 7.56. The van der Waals surface area contributed by atoms with Crippen LogP contribution in [0.5, 0.6) is 0 Å². The van der Waals surface area contributed by atoms with E-state index in [1.807, 2.05) is 0 Å². The van der Waals surface area contributed by atoms with Crippen molar-refractivity contribution in [2.24, 2.45) is 34.5 Å². The van der Waals surface area contributed by atoms with E-state index < -0.39 is 17.6 Å². The molecule has 182 valence electrons. The third-order valence-corrected chi connectivity index (χ3v) is 10.2. The van der Waals surface area contributed by atoms with E-state index >= 15 is 0 Å². The predicted octanol–water partition coefficient (Wildman–Crippen LogP) is 3.33. The largest absolute Gasteiger partial charge is 0.469 e. The van der Waals surface area contributed by atoms with E-state index in [4.69, 9.17) is 14.2 Å². The van der Waals surface area contributed by atoms with Crippen LogP contribution in [0.25, 0.3) is 0 Å². The van der Waals surface area contributed by atoms with Gasteiger partial charge in [0.1, 0.15) is 11.7 Å². The topological polar surface area (TPSA) is 99.1 Å². The Hall–Kier alpha value is -1.89. The molecule has 4 fully saturated rings. The van der Waals surface area contributed by atoms with Gasteiger partial charge in [-0.1, -0.05) is 25.5 Å². The van der Waals surface area contributed by atoms with Crippen LogP contribution in [0.2, 0.25) is 0 Å². The van der Waals surface area contributed by atoms with E-state index in [1.165, 1.54) is 14.0 Å². The fourth-order valence-electron chi connectivity index (χ4n) is 8.71. The summed E-state index contributed by atoms with van der Waals surface area (Å²) in [5.41, 5.74) is -0.133. The van der Waals surface area contributed by atoms with Gasteiger partial charge in [-0.15, -0.1) is 0 Å². The molecule has 0 aromatic rings. The van der Waals surface area contributed by atoms with Crippen LogP contribution in [0.4, 0.5) is 0 Å². The number of rotatable bonds is 2. The van der Waals surface area contributed by atoms with Crippen molar-refractivity contribution in [1.29, 1.82) is 0 Å². The Morgan fingerprint density at radius 3 is 2.58 bits per heavy atom. The third-order valence-electron chi connectivity index (χ3n) is 10.2. The van der Waals surface area contributed by atoms with E-state index in [9.17, 15) is 19.5 Å². The lowest BCUT2D eigenvalue weighted by Crippen LogP contribution is -2.62. The molecule has 1 N–H and O–H groups in total. The molecule has 7 heteroatoms. The molecule has 0 radical (unpaired) electrons. The van der Waals surface area contributed by atoms with Gasteiger partial charge < -0.3 is 19.3 Å². The van der Waals surface area contributed by atoms with Gasteiger partial charge in [-0.25, -0.2) is 0 Å². The summed E-state index contributed by atoms with van der Waals surface area (Å²) in [6.07, 6.45) is 6.60. The van der Waals surface area contributed by atoms with E-state index in [-0.39, 0.29) is 52.6 Å². The van der Waals surface area contributed by atoms with Crippen LogP contribution >= 0.6 is 0 Å². The zero-order chi connectivity index (χ0) is 23.8. The number of hydrogen-bond donors (Lipinski definition) is 1. The average molecular weight is 461 g/mol. The SMILES string of the molecule is COC(=O)[C@@H]1C=C2C[C@@H](O)CCC2(C)C2C1C1CC[C@@]3(CCC(=O)O3)C1(C)C[C@H]2OC(C)=O. The van der Waals surface area contributed by atoms with Crippen LogP contribution in [-0.2, 0) is 28.6 Å². The summed E-state index contributed by atoms with van der Waals surface area (Å²) < 4.78 is 17.4.